The third kappa shape index (κ3) is 6.00. The molecule has 4 aromatic carbocycles. The van der Waals surface area contributed by atoms with E-state index >= 15 is 0 Å². The predicted molar refractivity (Wildman–Crippen MR) is 183 cm³/mol. The van der Waals surface area contributed by atoms with E-state index in [1.807, 2.05) is 59.6 Å². The second kappa shape index (κ2) is 13.0. The van der Waals surface area contributed by atoms with Gasteiger partial charge in [0, 0.05) is 33.0 Å². The van der Waals surface area contributed by atoms with Gasteiger partial charge in [-0.2, -0.15) is 11.3 Å². The number of para-hydroxylation sites is 1. The van der Waals surface area contributed by atoms with Crippen LogP contribution in [0.25, 0.3) is 44.6 Å². The van der Waals surface area contributed by atoms with E-state index in [1.165, 1.54) is 23.4 Å². The summed E-state index contributed by atoms with van der Waals surface area (Å²) in [6, 6.07) is 33.3. The van der Waals surface area contributed by atoms with Crippen molar-refractivity contribution >= 4 is 21.8 Å². The molecule has 0 aliphatic rings. The number of nitriles is 1. The van der Waals surface area contributed by atoms with Crippen LogP contribution in [0.2, 0.25) is 0 Å². The number of fused-ring (bicyclic) bond motifs is 3. The second-order valence-corrected chi connectivity index (χ2v) is 12.0. The van der Waals surface area contributed by atoms with Crippen LogP contribution in [0.1, 0.15) is 65.9 Å². The van der Waals surface area contributed by atoms with Gasteiger partial charge >= 0.3 is 21.1 Å². The van der Waals surface area contributed by atoms with Crippen LogP contribution in [0.4, 0.5) is 0 Å². The van der Waals surface area contributed by atoms with Crippen molar-refractivity contribution in [1.29, 1.82) is 5.26 Å². The van der Waals surface area contributed by atoms with Gasteiger partial charge in [0.05, 0.1) is 23.6 Å². The van der Waals surface area contributed by atoms with Gasteiger partial charge in [-0.25, -0.2) is 4.98 Å². The molecule has 47 heavy (non-hydrogen) atoms. The minimum Gasteiger partial charge on any atom is -0.503 e. The van der Waals surface area contributed by atoms with Crippen LogP contribution in [0.3, 0.4) is 0 Å². The Kier molecular flexibility index (Phi) is 7.83. The zero-order chi connectivity index (χ0) is 34.4. The van der Waals surface area contributed by atoms with Gasteiger partial charge < -0.3 is 13.9 Å². The zero-order valence-corrected chi connectivity index (χ0v) is 28.6. The van der Waals surface area contributed by atoms with Crippen LogP contribution < -0.4 is 4.74 Å². The van der Waals surface area contributed by atoms with E-state index in [0.717, 1.165) is 33.2 Å². The van der Waals surface area contributed by atoms with E-state index in [0.29, 0.717) is 40.2 Å². The van der Waals surface area contributed by atoms with Gasteiger partial charge in [0.1, 0.15) is 5.82 Å². The topological polar surface area (TPSA) is 68.7 Å². The summed E-state index contributed by atoms with van der Waals surface area (Å²) in [4.78, 5) is 9.28. The monoisotopic (exact) mass is 797 g/mol. The number of ether oxygens (including phenoxy) is 1. The van der Waals surface area contributed by atoms with Crippen LogP contribution >= 0.6 is 0 Å². The largest absolute Gasteiger partial charge is 2.00 e. The number of aromatic nitrogens is 4. The summed E-state index contributed by atoms with van der Waals surface area (Å²) in [5.74, 6) is 2.06. The minimum absolute atomic E-state index is 0. The third-order valence-corrected chi connectivity index (χ3v) is 8.20. The Hall–Kier alpha value is -4.98. The molecule has 0 atom stereocenters. The van der Waals surface area contributed by atoms with Gasteiger partial charge in [0.15, 0.2) is 0 Å². The summed E-state index contributed by atoms with van der Waals surface area (Å²) in [6.45, 7) is 6.53. The Bertz CT molecular complexity index is 2380. The predicted octanol–water partition coefficient (Wildman–Crippen LogP) is 9.85. The maximum atomic E-state index is 9.59. The Morgan fingerprint density at radius 1 is 0.851 bits per heavy atom. The molecule has 7 rings (SSSR count). The van der Waals surface area contributed by atoms with Crippen molar-refractivity contribution < 1.29 is 29.9 Å². The molecule has 0 fully saturated rings. The van der Waals surface area contributed by atoms with Crippen molar-refractivity contribution in [2.45, 2.75) is 46.4 Å². The molecule has 0 saturated heterocycles. The minimum atomic E-state index is -2.30. The summed E-state index contributed by atoms with van der Waals surface area (Å²) in [5.41, 5.74) is 7.35. The Labute approximate surface area is 293 Å². The fourth-order valence-corrected chi connectivity index (χ4v) is 6.00. The molecule has 0 N–H and O–H groups in total. The molecular formula is C40H33N5OPt. The van der Waals surface area contributed by atoms with E-state index in [1.54, 1.807) is 12.1 Å². The van der Waals surface area contributed by atoms with Gasteiger partial charge in [-0.15, -0.1) is 41.3 Å². The smallest absolute Gasteiger partial charge is 0.503 e. The van der Waals surface area contributed by atoms with Crippen LogP contribution in [-0.2, 0) is 21.1 Å². The van der Waals surface area contributed by atoms with Crippen LogP contribution in [0, 0.1) is 30.3 Å². The average Bonchev–Trinajstić information content (AvgIpc) is 3.70. The molecule has 234 valence electrons. The molecule has 0 aliphatic heterocycles. The first kappa shape index (κ1) is 28.3. The molecule has 0 aliphatic carbocycles. The van der Waals surface area contributed by atoms with Crippen molar-refractivity contribution in [3.05, 3.63) is 132 Å². The number of pyridine rings is 1. The Morgan fingerprint density at radius 2 is 1.62 bits per heavy atom. The molecule has 0 amide bonds. The summed E-state index contributed by atoms with van der Waals surface area (Å²) in [7, 11) is 0. The van der Waals surface area contributed by atoms with Gasteiger partial charge in [0.2, 0.25) is 0 Å². The molecule has 3 heterocycles. The molecule has 3 aromatic heterocycles. The molecule has 0 saturated carbocycles. The van der Waals surface area contributed by atoms with E-state index < -0.39 is 6.85 Å². The molecule has 0 spiro atoms. The molecular weight excluding hydrogens is 762 g/mol. The summed E-state index contributed by atoms with van der Waals surface area (Å²) in [5, 5.41) is 11.2. The van der Waals surface area contributed by atoms with Gasteiger partial charge in [0.25, 0.3) is 0 Å². The van der Waals surface area contributed by atoms with E-state index in [2.05, 4.69) is 73.6 Å². The van der Waals surface area contributed by atoms with Gasteiger partial charge in [-0.1, -0.05) is 57.5 Å². The molecule has 0 radical (unpaired) electrons. The number of benzene rings is 4. The molecule has 6 nitrogen and oxygen atoms in total. The van der Waals surface area contributed by atoms with E-state index in [9.17, 15) is 5.26 Å². The number of rotatable bonds is 7. The first-order chi connectivity index (χ1) is 23.5. The maximum Gasteiger partial charge on any atom is 2.00 e. The van der Waals surface area contributed by atoms with Crippen molar-refractivity contribution in [3.63, 3.8) is 0 Å². The van der Waals surface area contributed by atoms with Crippen LogP contribution in [-0.4, -0.2) is 19.1 Å². The van der Waals surface area contributed by atoms with Crippen LogP contribution in [0.5, 0.6) is 11.5 Å². The van der Waals surface area contributed by atoms with Crippen LogP contribution in [0.15, 0.2) is 97.6 Å². The zero-order valence-electron chi connectivity index (χ0n) is 29.4. The fraction of sp³-hybridized carbons (Fsp3) is 0.175. The standard InChI is InChI=1S/C40H33N5O.Pt/c1-25(2)32-10-7-11-33(26(3)4)40(32)44-23-36(43-24-44)29-8-6-9-30(20-29)46-31-13-14-34-35-19-28(22-41)12-15-37(35)45(38(34)21-31)39-18-27(5)16-17-42-39;/h6-19,23-26H,1-5H3;/q-2;+2/i5D3;. The third-order valence-electron chi connectivity index (χ3n) is 8.20. The first-order valence-corrected chi connectivity index (χ1v) is 15.3. The number of hydrogen-bond donors (Lipinski definition) is 0. The summed E-state index contributed by atoms with van der Waals surface area (Å²) in [6.07, 6.45) is 5.39. The Balaban J connectivity index is 0.00000432. The molecule has 0 unspecified atom stereocenters. The van der Waals surface area contributed by atoms with Crippen molar-refractivity contribution in [3.8, 4) is 40.3 Å². The SMILES string of the molecule is [2H]C([2H])([2H])c1ccnc(-n2c3[c-]c(Oc4[c-]c(-c5cn(-c6c(C(C)C)cccc6C(C)C)cn5)ccc4)ccc3c3cc(C#N)ccc32)c1.[Pt+2]. The Morgan fingerprint density at radius 3 is 2.36 bits per heavy atom. The quantitative estimate of drug-likeness (QED) is 0.151. The number of nitrogens with zero attached hydrogens (tertiary/aromatic N) is 5. The second-order valence-electron chi connectivity index (χ2n) is 12.0. The van der Waals surface area contributed by atoms with Gasteiger partial charge in [-0.3, -0.25) is 4.98 Å². The molecule has 7 aromatic rings. The summed E-state index contributed by atoms with van der Waals surface area (Å²) >= 11 is 0. The van der Waals surface area contributed by atoms with Gasteiger partial charge in [-0.05, 0) is 77.3 Å². The molecule has 0 bridgehead atoms. The number of aryl methyl sites for hydroxylation is 1. The molecule has 7 heteroatoms. The normalized spacial score (nSPS) is 12.5. The van der Waals surface area contributed by atoms with E-state index in [-0.39, 0.29) is 26.6 Å². The van der Waals surface area contributed by atoms with Crippen molar-refractivity contribution in [2.75, 3.05) is 0 Å². The first-order valence-electron chi connectivity index (χ1n) is 16.8. The maximum absolute atomic E-state index is 9.59. The fourth-order valence-electron chi connectivity index (χ4n) is 6.00. The number of imidazole rings is 1. The van der Waals surface area contributed by atoms with Crippen molar-refractivity contribution in [2.24, 2.45) is 0 Å². The number of hydrogen-bond acceptors (Lipinski definition) is 4. The van der Waals surface area contributed by atoms with Crippen molar-refractivity contribution in [1.82, 2.24) is 19.1 Å². The average molecular weight is 798 g/mol. The van der Waals surface area contributed by atoms with E-state index in [4.69, 9.17) is 13.8 Å². The summed E-state index contributed by atoms with van der Waals surface area (Å²) < 4.78 is 34.1.